The van der Waals surface area contributed by atoms with Crippen molar-refractivity contribution in [2.24, 2.45) is 0 Å². The average molecular weight is 407 g/mol. The Hall–Kier alpha value is -3.46. The van der Waals surface area contributed by atoms with Crippen LogP contribution < -0.4 is 10.1 Å². The van der Waals surface area contributed by atoms with Crippen LogP contribution in [0.2, 0.25) is 0 Å². The van der Waals surface area contributed by atoms with Crippen LogP contribution in [-0.2, 0) is 6.54 Å². The maximum Gasteiger partial charge on any atom is 0.321 e. The molecule has 2 heterocycles. The van der Waals surface area contributed by atoms with Gasteiger partial charge in [-0.25, -0.2) is 4.79 Å². The van der Waals surface area contributed by atoms with Gasteiger partial charge in [-0.1, -0.05) is 18.2 Å². The molecule has 1 saturated heterocycles. The van der Waals surface area contributed by atoms with Gasteiger partial charge in [-0.2, -0.15) is 4.68 Å². The fourth-order valence-electron chi connectivity index (χ4n) is 3.44. The lowest BCUT2D eigenvalue weighted by molar-refractivity contribution is 0.140. The first-order valence-electron chi connectivity index (χ1n) is 9.89. The van der Waals surface area contributed by atoms with Crippen LogP contribution in [0, 0.1) is 6.92 Å². The number of piperazine rings is 1. The minimum absolute atomic E-state index is 0.0629. The van der Waals surface area contributed by atoms with E-state index >= 15 is 0 Å². The minimum atomic E-state index is -0.0629. The van der Waals surface area contributed by atoms with E-state index in [-0.39, 0.29) is 6.03 Å². The second kappa shape index (κ2) is 8.91. The van der Waals surface area contributed by atoms with E-state index < -0.39 is 0 Å². The van der Waals surface area contributed by atoms with Gasteiger partial charge in [-0.15, -0.1) is 5.10 Å². The molecule has 1 aliphatic rings. The monoisotopic (exact) mass is 407 g/mol. The molecule has 0 atom stereocenters. The number of methoxy groups -OCH3 is 1. The Balaban J connectivity index is 1.34. The largest absolute Gasteiger partial charge is 0.497 e. The highest BCUT2D eigenvalue weighted by atomic mass is 16.5. The van der Waals surface area contributed by atoms with Crippen LogP contribution in [0.4, 0.5) is 10.5 Å². The number of aromatic nitrogens is 4. The number of amides is 2. The maximum absolute atomic E-state index is 12.6. The summed E-state index contributed by atoms with van der Waals surface area (Å²) >= 11 is 0. The smallest absolute Gasteiger partial charge is 0.321 e. The molecule has 30 heavy (non-hydrogen) atoms. The number of aryl methyl sites for hydroxylation is 1. The van der Waals surface area contributed by atoms with Crippen molar-refractivity contribution in [1.82, 2.24) is 30.0 Å². The number of tetrazole rings is 1. The number of anilines is 1. The molecule has 4 rings (SSSR count). The van der Waals surface area contributed by atoms with Crippen LogP contribution in [-0.4, -0.2) is 69.3 Å². The van der Waals surface area contributed by atoms with Crippen molar-refractivity contribution < 1.29 is 9.53 Å². The number of urea groups is 1. The number of nitrogens with zero attached hydrogens (tertiary/aromatic N) is 6. The third kappa shape index (κ3) is 4.41. The summed E-state index contributed by atoms with van der Waals surface area (Å²) in [5.74, 6) is 1.55. The van der Waals surface area contributed by atoms with E-state index in [4.69, 9.17) is 4.74 Å². The van der Waals surface area contributed by atoms with Crippen molar-refractivity contribution in [2.45, 2.75) is 13.5 Å². The van der Waals surface area contributed by atoms with E-state index in [0.717, 1.165) is 41.6 Å². The Bertz CT molecular complexity index is 995. The molecule has 0 radical (unpaired) electrons. The third-order valence-corrected chi connectivity index (χ3v) is 5.26. The molecular weight excluding hydrogens is 382 g/mol. The van der Waals surface area contributed by atoms with Gasteiger partial charge in [0, 0.05) is 31.9 Å². The predicted molar refractivity (Wildman–Crippen MR) is 113 cm³/mol. The summed E-state index contributed by atoms with van der Waals surface area (Å²) < 4.78 is 6.94. The van der Waals surface area contributed by atoms with Gasteiger partial charge in [0.05, 0.1) is 19.3 Å². The van der Waals surface area contributed by atoms with Gasteiger partial charge >= 0.3 is 6.03 Å². The van der Waals surface area contributed by atoms with E-state index in [9.17, 15) is 4.79 Å². The van der Waals surface area contributed by atoms with Gasteiger partial charge < -0.3 is 15.0 Å². The highest BCUT2D eigenvalue weighted by Gasteiger charge is 2.23. The number of carbonyl (C=O) groups is 1. The van der Waals surface area contributed by atoms with E-state index in [2.05, 4.69) is 25.7 Å². The van der Waals surface area contributed by atoms with Crippen molar-refractivity contribution in [3.63, 3.8) is 0 Å². The molecule has 9 nitrogen and oxygen atoms in total. The Morgan fingerprint density at radius 1 is 1.07 bits per heavy atom. The molecule has 3 aromatic rings. The number of benzene rings is 2. The lowest BCUT2D eigenvalue weighted by atomic mass is 10.2. The van der Waals surface area contributed by atoms with Crippen molar-refractivity contribution in [3.8, 4) is 11.4 Å². The quantitative estimate of drug-likeness (QED) is 0.698. The first-order valence-corrected chi connectivity index (χ1v) is 9.89. The van der Waals surface area contributed by atoms with E-state index in [1.807, 2.05) is 60.4 Å². The Kier molecular flexibility index (Phi) is 5.89. The van der Waals surface area contributed by atoms with Crippen molar-refractivity contribution in [2.75, 3.05) is 38.6 Å². The molecule has 0 bridgehead atoms. The Morgan fingerprint density at radius 2 is 1.80 bits per heavy atom. The van der Waals surface area contributed by atoms with Crippen LogP contribution in [0.25, 0.3) is 5.69 Å². The van der Waals surface area contributed by atoms with Gasteiger partial charge in [-0.3, -0.25) is 4.90 Å². The summed E-state index contributed by atoms with van der Waals surface area (Å²) in [5, 5.41) is 15.1. The van der Waals surface area contributed by atoms with Crippen LogP contribution in [0.3, 0.4) is 0 Å². The van der Waals surface area contributed by atoms with Gasteiger partial charge in [0.1, 0.15) is 5.75 Å². The summed E-state index contributed by atoms with van der Waals surface area (Å²) in [7, 11) is 1.64. The number of hydrogen-bond donors (Lipinski definition) is 1. The molecule has 0 aliphatic carbocycles. The molecule has 9 heteroatoms. The second-order valence-electron chi connectivity index (χ2n) is 7.21. The highest BCUT2D eigenvalue weighted by molar-refractivity contribution is 5.90. The van der Waals surface area contributed by atoms with E-state index in [1.54, 1.807) is 11.8 Å². The number of rotatable bonds is 5. The van der Waals surface area contributed by atoms with E-state index in [0.29, 0.717) is 19.6 Å². The fraction of sp³-hybridized carbons (Fsp3) is 0.333. The van der Waals surface area contributed by atoms with E-state index in [1.165, 1.54) is 0 Å². The molecule has 2 aromatic carbocycles. The zero-order valence-electron chi connectivity index (χ0n) is 17.2. The van der Waals surface area contributed by atoms with Crippen LogP contribution in [0.1, 0.15) is 11.4 Å². The standard InChI is InChI=1S/C21H25N7O2/c1-16-5-3-4-6-19(16)22-21(29)27-13-11-26(12-14-27)15-20-23-24-25-28(20)17-7-9-18(30-2)10-8-17/h3-10H,11-15H2,1-2H3,(H,22,29). The van der Waals surface area contributed by atoms with Crippen LogP contribution in [0.5, 0.6) is 5.75 Å². The number of nitrogens with one attached hydrogen (secondary N) is 1. The Labute approximate surface area is 175 Å². The highest BCUT2D eigenvalue weighted by Crippen LogP contribution is 2.17. The summed E-state index contributed by atoms with van der Waals surface area (Å²) in [5.41, 5.74) is 2.78. The molecule has 1 fully saturated rings. The fourth-order valence-corrected chi connectivity index (χ4v) is 3.44. The topological polar surface area (TPSA) is 88.4 Å². The first kappa shape index (κ1) is 19.8. The van der Waals surface area contributed by atoms with Gasteiger partial charge in [0.2, 0.25) is 0 Å². The number of carbonyl (C=O) groups excluding carboxylic acids is 1. The lowest BCUT2D eigenvalue weighted by Gasteiger charge is -2.34. The molecule has 1 N–H and O–H groups in total. The normalized spacial score (nSPS) is 14.5. The van der Waals surface area contributed by atoms with Crippen LogP contribution in [0.15, 0.2) is 48.5 Å². The van der Waals surface area contributed by atoms with Gasteiger partial charge in [0.15, 0.2) is 5.82 Å². The summed E-state index contributed by atoms with van der Waals surface area (Å²) in [6.07, 6.45) is 0. The number of para-hydroxylation sites is 1. The molecule has 2 amide bonds. The molecule has 1 aliphatic heterocycles. The number of hydrogen-bond acceptors (Lipinski definition) is 6. The molecule has 0 saturated carbocycles. The zero-order valence-corrected chi connectivity index (χ0v) is 17.2. The molecule has 1 aromatic heterocycles. The zero-order chi connectivity index (χ0) is 20.9. The predicted octanol–water partition coefficient (Wildman–Crippen LogP) is 2.33. The maximum atomic E-state index is 12.6. The van der Waals surface area contributed by atoms with Crippen LogP contribution >= 0.6 is 0 Å². The molecule has 0 spiro atoms. The lowest BCUT2D eigenvalue weighted by Crippen LogP contribution is -2.49. The van der Waals surface area contributed by atoms with Crippen molar-refractivity contribution >= 4 is 11.7 Å². The third-order valence-electron chi connectivity index (χ3n) is 5.26. The molecular formula is C21H25N7O2. The minimum Gasteiger partial charge on any atom is -0.497 e. The first-order chi connectivity index (χ1) is 14.6. The summed E-state index contributed by atoms with van der Waals surface area (Å²) in [4.78, 5) is 16.7. The SMILES string of the molecule is COc1ccc(-n2nnnc2CN2CCN(C(=O)Nc3ccccc3C)CC2)cc1. The number of ether oxygens (including phenoxy) is 1. The van der Waals surface area contributed by atoms with Crippen molar-refractivity contribution in [3.05, 3.63) is 59.9 Å². The second-order valence-corrected chi connectivity index (χ2v) is 7.21. The molecule has 0 unspecified atom stereocenters. The summed E-state index contributed by atoms with van der Waals surface area (Å²) in [6.45, 7) is 5.43. The van der Waals surface area contributed by atoms with Crippen molar-refractivity contribution in [1.29, 1.82) is 0 Å². The average Bonchev–Trinajstić information content (AvgIpc) is 3.24. The van der Waals surface area contributed by atoms with Gasteiger partial charge in [0.25, 0.3) is 0 Å². The molecule has 156 valence electrons. The summed E-state index contributed by atoms with van der Waals surface area (Å²) in [6, 6.07) is 15.3. The van der Waals surface area contributed by atoms with Gasteiger partial charge in [-0.05, 0) is 53.2 Å². The Morgan fingerprint density at radius 3 is 2.50 bits per heavy atom.